The summed E-state index contributed by atoms with van der Waals surface area (Å²) < 4.78 is 15.7. The quantitative estimate of drug-likeness (QED) is 0.729. The van der Waals surface area contributed by atoms with E-state index in [1.165, 1.54) is 39.6 Å². The first-order chi connectivity index (χ1) is 9.49. The van der Waals surface area contributed by atoms with Crippen LogP contribution in [0.1, 0.15) is 5.69 Å². The summed E-state index contributed by atoms with van der Waals surface area (Å²) in [4.78, 5) is 24.3. The molecule has 0 aliphatic heterocycles. The molecule has 2 heterocycles. The number of nitrogens with one attached hydrogen (secondary N) is 1. The maximum absolute atomic E-state index is 13.0. The molecule has 2 aromatic heterocycles. The van der Waals surface area contributed by atoms with Crippen LogP contribution >= 0.6 is 0 Å². The van der Waals surface area contributed by atoms with Crippen LogP contribution in [0.15, 0.2) is 39.9 Å². The molecule has 3 aromatic rings. The summed E-state index contributed by atoms with van der Waals surface area (Å²) in [5.74, 6) is -0.377. The minimum atomic E-state index is -0.377. The first-order valence-electron chi connectivity index (χ1n) is 6.06. The van der Waals surface area contributed by atoms with Gasteiger partial charge in [-0.2, -0.15) is 0 Å². The Morgan fingerprint density at radius 1 is 1.15 bits per heavy atom. The van der Waals surface area contributed by atoms with Crippen molar-refractivity contribution in [2.45, 2.75) is 6.92 Å². The van der Waals surface area contributed by atoms with E-state index >= 15 is 0 Å². The highest BCUT2D eigenvalue weighted by Crippen LogP contribution is 2.15. The third kappa shape index (κ3) is 1.69. The van der Waals surface area contributed by atoms with Crippen molar-refractivity contribution in [3.05, 3.63) is 62.6 Å². The zero-order valence-corrected chi connectivity index (χ0v) is 11.0. The molecule has 0 unspecified atom stereocenters. The molecule has 0 aliphatic rings. The monoisotopic (exact) mass is 273 g/mol. The molecule has 0 fully saturated rings. The molecule has 0 saturated carbocycles. The van der Waals surface area contributed by atoms with Gasteiger partial charge in [0.25, 0.3) is 11.1 Å². The minimum Gasteiger partial charge on any atom is -0.295 e. The molecule has 0 amide bonds. The Hall–Kier alpha value is -2.63. The zero-order chi connectivity index (χ0) is 14.4. The van der Waals surface area contributed by atoms with E-state index in [4.69, 9.17) is 0 Å². The van der Waals surface area contributed by atoms with E-state index in [2.05, 4.69) is 5.10 Å². The lowest BCUT2D eigenvalue weighted by Gasteiger charge is -2.09. The lowest BCUT2D eigenvalue weighted by atomic mass is 10.2. The lowest BCUT2D eigenvalue weighted by molar-refractivity contribution is 0.627. The number of aromatic nitrogens is 3. The number of fused-ring (bicyclic) bond motifs is 1. The van der Waals surface area contributed by atoms with E-state index < -0.39 is 0 Å². The largest absolute Gasteiger partial charge is 0.295 e. The van der Waals surface area contributed by atoms with Gasteiger partial charge in [-0.1, -0.05) is 0 Å². The van der Waals surface area contributed by atoms with Gasteiger partial charge in [-0.15, -0.1) is 0 Å². The number of aryl methyl sites for hydroxylation is 2. The van der Waals surface area contributed by atoms with Crippen molar-refractivity contribution in [2.75, 3.05) is 0 Å². The van der Waals surface area contributed by atoms with Crippen LogP contribution in [0.3, 0.4) is 0 Å². The van der Waals surface area contributed by atoms with Crippen LogP contribution in [0, 0.1) is 12.7 Å². The van der Waals surface area contributed by atoms with E-state index in [1.807, 2.05) is 0 Å². The SMILES string of the molecule is Cc1c2c(=O)n(C)[nH]c2cc(=O)n1-c1ccc(F)cc1. The van der Waals surface area contributed by atoms with Crippen LogP contribution < -0.4 is 11.1 Å². The van der Waals surface area contributed by atoms with Gasteiger partial charge in [0, 0.05) is 24.5 Å². The normalized spacial score (nSPS) is 11.2. The molecule has 1 N–H and O–H groups in total. The van der Waals surface area contributed by atoms with Gasteiger partial charge in [0.15, 0.2) is 0 Å². The van der Waals surface area contributed by atoms with Gasteiger partial charge in [-0.25, -0.2) is 4.39 Å². The average Bonchev–Trinajstić information content (AvgIpc) is 2.67. The lowest BCUT2D eigenvalue weighted by Crippen LogP contribution is -2.21. The number of nitrogens with zero attached hydrogens (tertiary/aromatic N) is 2. The van der Waals surface area contributed by atoms with Crippen molar-refractivity contribution in [3.8, 4) is 5.69 Å². The van der Waals surface area contributed by atoms with Gasteiger partial charge in [0.05, 0.1) is 10.9 Å². The van der Waals surface area contributed by atoms with Crippen molar-refractivity contribution in [3.63, 3.8) is 0 Å². The van der Waals surface area contributed by atoms with Crippen LogP contribution in [0.4, 0.5) is 4.39 Å². The Kier molecular flexibility index (Phi) is 2.60. The highest BCUT2D eigenvalue weighted by atomic mass is 19.1. The fourth-order valence-corrected chi connectivity index (χ4v) is 2.40. The topological polar surface area (TPSA) is 59.8 Å². The number of halogens is 1. The van der Waals surface area contributed by atoms with E-state index in [1.54, 1.807) is 14.0 Å². The predicted molar refractivity (Wildman–Crippen MR) is 73.8 cm³/mol. The third-order valence-electron chi connectivity index (χ3n) is 3.35. The molecule has 0 atom stereocenters. The molecular formula is C14H12FN3O2. The Balaban J connectivity index is 2.42. The first-order valence-corrected chi connectivity index (χ1v) is 6.06. The summed E-state index contributed by atoms with van der Waals surface area (Å²) in [5, 5.41) is 3.28. The number of hydrogen-bond acceptors (Lipinski definition) is 2. The third-order valence-corrected chi connectivity index (χ3v) is 3.35. The van der Waals surface area contributed by atoms with Crippen molar-refractivity contribution in [1.29, 1.82) is 0 Å². The minimum absolute atomic E-state index is 0.201. The number of rotatable bonds is 1. The first kappa shape index (κ1) is 12.4. The number of benzene rings is 1. The summed E-state index contributed by atoms with van der Waals surface area (Å²) in [6, 6.07) is 6.94. The number of H-pyrrole nitrogens is 1. The fraction of sp³-hybridized carbons (Fsp3) is 0.143. The summed E-state index contributed by atoms with van der Waals surface area (Å²) in [6.07, 6.45) is 0. The van der Waals surface area contributed by atoms with Crippen LogP contribution in [0.2, 0.25) is 0 Å². The van der Waals surface area contributed by atoms with Crippen molar-refractivity contribution in [2.24, 2.45) is 7.05 Å². The van der Waals surface area contributed by atoms with Gasteiger partial charge in [0.1, 0.15) is 5.82 Å². The molecule has 0 saturated heterocycles. The second kappa shape index (κ2) is 4.19. The summed E-state index contributed by atoms with van der Waals surface area (Å²) in [5.41, 5.74) is 1.08. The standard InChI is InChI=1S/C14H12FN3O2/c1-8-13-11(16-17(2)14(13)20)7-12(19)18(8)10-5-3-9(15)4-6-10/h3-7,16H,1-2H3. The number of hydrogen-bond donors (Lipinski definition) is 1. The van der Waals surface area contributed by atoms with Crippen LogP contribution in [-0.2, 0) is 7.05 Å². The van der Waals surface area contributed by atoms with Gasteiger partial charge < -0.3 is 0 Å². The Labute approximate surface area is 112 Å². The maximum Gasteiger partial charge on any atom is 0.275 e. The smallest absolute Gasteiger partial charge is 0.275 e. The van der Waals surface area contributed by atoms with Gasteiger partial charge in [0.2, 0.25) is 0 Å². The van der Waals surface area contributed by atoms with Crippen LogP contribution in [-0.4, -0.2) is 14.3 Å². The zero-order valence-electron chi connectivity index (χ0n) is 11.0. The van der Waals surface area contributed by atoms with Crippen molar-refractivity contribution < 1.29 is 4.39 Å². The van der Waals surface area contributed by atoms with E-state index in [0.717, 1.165) is 0 Å². The predicted octanol–water partition coefficient (Wildman–Crippen LogP) is 1.47. The number of aromatic amines is 1. The van der Waals surface area contributed by atoms with Crippen molar-refractivity contribution in [1.82, 2.24) is 14.3 Å². The molecule has 5 nitrogen and oxygen atoms in total. The molecule has 0 radical (unpaired) electrons. The highest BCUT2D eigenvalue weighted by Gasteiger charge is 2.13. The summed E-state index contributed by atoms with van der Waals surface area (Å²) in [7, 11) is 1.59. The van der Waals surface area contributed by atoms with Crippen molar-refractivity contribution >= 4 is 10.9 Å². The maximum atomic E-state index is 13.0. The second-order valence-electron chi connectivity index (χ2n) is 4.64. The van der Waals surface area contributed by atoms with Gasteiger partial charge >= 0.3 is 0 Å². The molecule has 0 aliphatic carbocycles. The summed E-state index contributed by atoms with van der Waals surface area (Å²) >= 11 is 0. The molecular weight excluding hydrogens is 261 g/mol. The molecule has 102 valence electrons. The van der Waals surface area contributed by atoms with E-state index in [9.17, 15) is 14.0 Å². The molecule has 0 spiro atoms. The van der Waals surface area contributed by atoms with Crippen LogP contribution in [0.25, 0.3) is 16.6 Å². The second-order valence-corrected chi connectivity index (χ2v) is 4.64. The Morgan fingerprint density at radius 2 is 1.80 bits per heavy atom. The number of pyridine rings is 1. The molecule has 20 heavy (non-hydrogen) atoms. The summed E-state index contributed by atoms with van der Waals surface area (Å²) in [6.45, 7) is 1.70. The highest BCUT2D eigenvalue weighted by molar-refractivity contribution is 5.80. The van der Waals surface area contributed by atoms with E-state index in [-0.39, 0.29) is 16.9 Å². The fourth-order valence-electron chi connectivity index (χ4n) is 2.40. The van der Waals surface area contributed by atoms with E-state index in [0.29, 0.717) is 22.3 Å². The molecule has 1 aromatic carbocycles. The molecule has 6 heteroatoms. The Morgan fingerprint density at radius 3 is 2.45 bits per heavy atom. The molecule has 3 rings (SSSR count). The van der Waals surface area contributed by atoms with Gasteiger partial charge in [-0.3, -0.25) is 23.9 Å². The van der Waals surface area contributed by atoms with Crippen LogP contribution in [0.5, 0.6) is 0 Å². The Bertz CT molecular complexity index is 916. The average molecular weight is 273 g/mol. The molecule has 0 bridgehead atoms. The van der Waals surface area contributed by atoms with Gasteiger partial charge in [-0.05, 0) is 31.2 Å².